The normalized spacial score (nSPS) is 14.8. The van der Waals surface area contributed by atoms with E-state index in [0.717, 1.165) is 11.4 Å². The van der Waals surface area contributed by atoms with Crippen molar-refractivity contribution in [3.8, 4) is 0 Å². The van der Waals surface area contributed by atoms with Crippen molar-refractivity contribution in [2.45, 2.75) is 6.92 Å². The van der Waals surface area contributed by atoms with Crippen LogP contribution in [0.3, 0.4) is 0 Å². The van der Waals surface area contributed by atoms with E-state index in [1.165, 1.54) is 0 Å². The summed E-state index contributed by atoms with van der Waals surface area (Å²) in [7, 11) is 0. The molecule has 0 spiro atoms. The molecule has 4 nitrogen and oxygen atoms in total. The quantitative estimate of drug-likeness (QED) is 0.592. The second kappa shape index (κ2) is 2.23. The van der Waals surface area contributed by atoms with Crippen molar-refractivity contribution in [1.82, 2.24) is 10.6 Å². The lowest BCUT2D eigenvalue weighted by Gasteiger charge is -1.83. The Labute approximate surface area is 63.6 Å². The molecule has 0 aromatic carbocycles. The van der Waals surface area contributed by atoms with Crippen molar-refractivity contribution in [3.05, 3.63) is 29.8 Å². The number of allylic oxidation sites excluding steroid dienone is 1. The minimum Gasteiger partial charge on any atom is -0.354 e. The molecule has 0 saturated heterocycles. The van der Waals surface area contributed by atoms with Crippen LogP contribution in [0.2, 0.25) is 0 Å². The Kier molecular flexibility index (Phi) is 1.25. The van der Waals surface area contributed by atoms with E-state index in [2.05, 4.69) is 15.7 Å². The Morgan fingerprint density at radius 1 is 1.45 bits per heavy atom. The van der Waals surface area contributed by atoms with E-state index >= 15 is 0 Å². The van der Waals surface area contributed by atoms with Crippen molar-refractivity contribution in [2.24, 2.45) is 5.10 Å². The maximum atomic E-state index is 4.96. The molecule has 0 unspecified atom stereocenters. The Balaban J connectivity index is 2.36. The molecule has 0 fully saturated rings. The highest BCUT2D eigenvalue weighted by Crippen LogP contribution is 2.07. The van der Waals surface area contributed by atoms with E-state index in [-0.39, 0.29) is 0 Å². The number of rotatable bonds is 1. The summed E-state index contributed by atoms with van der Waals surface area (Å²) in [6.45, 7) is 1.86. The van der Waals surface area contributed by atoms with Gasteiger partial charge in [0.25, 0.3) is 0 Å². The van der Waals surface area contributed by atoms with Crippen LogP contribution >= 0.6 is 0 Å². The average molecular weight is 148 g/mol. The highest BCUT2D eigenvalue weighted by Gasteiger charge is 2.09. The molecule has 2 heterocycles. The molecule has 0 aliphatic carbocycles. The van der Waals surface area contributed by atoms with Crippen LogP contribution in [0, 0.1) is 6.92 Å². The smallest absolute Gasteiger partial charge is 0.187 e. The van der Waals surface area contributed by atoms with Crippen molar-refractivity contribution < 1.29 is 4.52 Å². The number of hydrogen-bond donors (Lipinski definition) is 0. The second-order valence-corrected chi connectivity index (χ2v) is 2.25. The Hall–Kier alpha value is -1.58. The highest BCUT2D eigenvalue weighted by molar-refractivity contribution is 6.07. The van der Waals surface area contributed by atoms with Crippen molar-refractivity contribution in [2.75, 3.05) is 0 Å². The van der Waals surface area contributed by atoms with Crippen LogP contribution in [0.4, 0.5) is 0 Å². The monoisotopic (exact) mass is 148 g/mol. The van der Waals surface area contributed by atoms with Gasteiger partial charge >= 0.3 is 0 Å². The average Bonchev–Trinajstić information content (AvgIpc) is 2.55. The fourth-order valence-electron chi connectivity index (χ4n) is 0.849. The molecule has 0 amide bonds. The lowest BCUT2D eigenvalue weighted by molar-refractivity contribution is 0.409. The third kappa shape index (κ3) is 1.02. The van der Waals surface area contributed by atoms with E-state index in [1.54, 1.807) is 12.3 Å². The standard InChI is InChI=1S/C7H6N3O/c1-5-4-7(11-10-5)6-2-3-8-9-6/h2-4H,1H3. The molecular formula is C7H6N3O. The van der Waals surface area contributed by atoms with Gasteiger partial charge in [-0.15, -0.1) is 5.10 Å². The highest BCUT2D eigenvalue weighted by atomic mass is 16.5. The maximum Gasteiger partial charge on any atom is 0.187 e. The number of nitrogens with zero attached hydrogens (tertiary/aromatic N) is 3. The number of aromatic nitrogens is 1. The SMILES string of the molecule is Cc1cc(C2=N[N]C=C2)on1. The first-order chi connectivity index (χ1) is 5.36. The fraction of sp³-hybridized carbons (Fsp3) is 0.143. The van der Waals surface area contributed by atoms with Crippen molar-refractivity contribution in [3.63, 3.8) is 0 Å². The van der Waals surface area contributed by atoms with E-state index < -0.39 is 0 Å². The third-order valence-corrected chi connectivity index (χ3v) is 1.34. The summed E-state index contributed by atoms with van der Waals surface area (Å²) in [4.78, 5) is 0. The van der Waals surface area contributed by atoms with E-state index in [0.29, 0.717) is 5.76 Å². The molecule has 1 radical (unpaired) electrons. The van der Waals surface area contributed by atoms with E-state index in [9.17, 15) is 0 Å². The minimum absolute atomic E-state index is 0.667. The van der Waals surface area contributed by atoms with Crippen LogP contribution in [-0.2, 0) is 0 Å². The van der Waals surface area contributed by atoms with Crippen LogP contribution in [0.15, 0.2) is 28.0 Å². The molecule has 2 rings (SSSR count). The van der Waals surface area contributed by atoms with Crippen LogP contribution in [-0.4, -0.2) is 10.9 Å². The largest absolute Gasteiger partial charge is 0.354 e. The molecule has 0 bridgehead atoms. The summed E-state index contributed by atoms with van der Waals surface area (Å²) in [6, 6.07) is 1.82. The molecular weight excluding hydrogens is 142 g/mol. The Morgan fingerprint density at radius 3 is 2.91 bits per heavy atom. The van der Waals surface area contributed by atoms with Gasteiger partial charge in [-0.2, -0.15) is 5.43 Å². The first kappa shape index (κ1) is 6.15. The molecule has 0 N–H and O–H groups in total. The molecule has 0 atom stereocenters. The van der Waals surface area contributed by atoms with E-state index in [4.69, 9.17) is 4.52 Å². The summed E-state index contributed by atoms with van der Waals surface area (Å²) >= 11 is 0. The molecule has 0 saturated carbocycles. The van der Waals surface area contributed by atoms with Gasteiger partial charge in [-0.1, -0.05) is 5.16 Å². The Bertz CT molecular complexity index is 324. The Morgan fingerprint density at radius 2 is 2.36 bits per heavy atom. The van der Waals surface area contributed by atoms with E-state index in [1.807, 2.05) is 13.0 Å². The zero-order valence-corrected chi connectivity index (χ0v) is 5.98. The van der Waals surface area contributed by atoms with Crippen molar-refractivity contribution in [1.29, 1.82) is 0 Å². The third-order valence-electron chi connectivity index (χ3n) is 1.34. The zero-order chi connectivity index (χ0) is 7.68. The van der Waals surface area contributed by atoms with Crippen LogP contribution < -0.4 is 5.43 Å². The van der Waals surface area contributed by atoms with Crippen LogP contribution in [0.1, 0.15) is 11.5 Å². The van der Waals surface area contributed by atoms with Gasteiger partial charge in [0, 0.05) is 6.07 Å². The lowest BCUT2D eigenvalue weighted by atomic mass is 10.3. The molecule has 1 aromatic rings. The molecule has 1 aliphatic heterocycles. The minimum atomic E-state index is 0.667. The second-order valence-electron chi connectivity index (χ2n) is 2.25. The number of aryl methyl sites for hydroxylation is 1. The fourth-order valence-corrected chi connectivity index (χ4v) is 0.849. The predicted octanol–water partition coefficient (Wildman–Crippen LogP) is 0.819. The van der Waals surface area contributed by atoms with Gasteiger partial charge in [-0.25, -0.2) is 0 Å². The number of hydrogen-bond acceptors (Lipinski definition) is 3. The molecule has 11 heavy (non-hydrogen) atoms. The molecule has 4 heteroatoms. The predicted molar refractivity (Wildman–Crippen MR) is 39.1 cm³/mol. The summed E-state index contributed by atoms with van der Waals surface area (Å²) in [5.74, 6) is 0.667. The van der Waals surface area contributed by atoms with Gasteiger partial charge in [0.1, 0.15) is 5.71 Å². The summed E-state index contributed by atoms with van der Waals surface area (Å²) in [5.41, 5.74) is 5.25. The van der Waals surface area contributed by atoms with Gasteiger partial charge in [0.05, 0.1) is 11.9 Å². The lowest BCUT2D eigenvalue weighted by Crippen LogP contribution is -1.90. The topological polar surface area (TPSA) is 52.5 Å². The first-order valence-corrected chi connectivity index (χ1v) is 3.24. The van der Waals surface area contributed by atoms with Gasteiger partial charge in [-0.3, -0.25) is 0 Å². The molecule has 1 aromatic heterocycles. The summed E-state index contributed by atoms with van der Waals surface area (Å²) < 4.78 is 4.96. The summed E-state index contributed by atoms with van der Waals surface area (Å²) in [6.07, 6.45) is 3.40. The van der Waals surface area contributed by atoms with Crippen LogP contribution in [0.5, 0.6) is 0 Å². The van der Waals surface area contributed by atoms with Gasteiger partial charge in [0.2, 0.25) is 0 Å². The van der Waals surface area contributed by atoms with Gasteiger partial charge < -0.3 is 4.52 Å². The summed E-state index contributed by atoms with van der Waals surface area (Å²) in [5, 5.41) is 7.55. The van der Waals surface area contributed by atoms with Gasteiger partial charge in [0.15, 0.2) is 5.76 Å². The zero-order valence-electron chi connectivity index (χ0n) is 5.98. The molecule has 55 valence electrons. The first-order valence-electron chi connectivity index (χ1n) is 3.24. The maximum absolute atomic E-state index is 4.96. The molecule has 1 aliphatic rings. The van der Waals surface area contributed by atoms with Crippen LogP contribution in [0.25, 0.3) is 0 Å². The van der Waals surface area contributed by atoms with Crippen molar-refractivity contribution >= 4 is 5.71 Å². The van der Waals surface area contributed by atoms with Gasteiger partial charge in [-0.05, 0) is 13.0 Å².